The molecule has 0 bridgehead atoms. The summed E-state index contributed by atoms with van der Waals surface area (Å²) in [5.74, 6) is -0.382. The van der Waals surface area contributed by atoms with Gasteiger partial charge in [0.15, 0.2) is 12.7 Å². The average molecular weight is 278 g/mol. The summed E-state index contributed by atoms with van der Waals surface area (Å²) >= 11 is 0. The van der Waals surface area contributed by atoms with Crippen LogP contribution < -0.4 is 15.8 Å². The lowest BCUT2D eigenvalue weighted by molar-refractivity contribution is -0.156. The van der Waals surface area contributed by atoms with Crippen LogP contribution in [0.3, 0.4) is 0 Å². The number of ether oxygens (including phenoxy) is 2. The van der Waals surface area contributed by atoms with Crippen molar-refractivity contribution in [2.24, 2.45) is 0 Å². The molecule has 0 aliphatic heterocycles. The van der Waals surface area contributed by atoms with Crippen LogP contribution >= 0.6 is 0 Å². The summed E-state index contributed by atoms with van der Waals surface area (Å²) in [6.45, 7) is 1.28. The van der Waals surface area contributed by atoms with Gasteiger partial charge in [0, 0.05) is 17.8 Å². The predicted octanol–water partition coefficient (Wildman–Crippen LogP) is 0.858. The van der Waals surface area contributed by atoms with Crippen molar-refractivity contribution in [1.82, 2.24) is 5.32 Å². The predicted molar refractivity (Wildman–Crippen MR) is 73.1 cm³/mol. The van der Waals surface area contributed by atoms with Crippen molar-refractivity contribution in [2.45, 2.75) is 31.9 Å². The molecule has 3 N–H and O–H groups in total. The van der Waals surface area contributed by atoms with Gasteiger partial charge < -0.3 is 20.5 Å². The fourth-order valence-electron chi connectivity index (χ4n) is 1.58. The smallest absolute Gasteiger partial charge is 0.344 e. The van der Waals surface area contributed by atoms with Crippen molar-refractivity contribution >= 4 is 17.6 Å². The minimum Gasteiger partial charge on any atom is -0.482 e. The Bertz CT molecular complexity index is 500. The first-order valence-corrected chi connectivity index (χ1v) is 6.53. The standard InChI is InChI=1S/C14H18N2O4/c1-9(14(18)16-11-5-6-11)20-13(17)8-19-12-4-2-3-10(15)7-12/h2-4,7,9,11H,5-6,8,15H2,1H3,(H,16,18). The Labute approximate surface area is 117 Å². The quantitative estimate of drug-likeness (QED) is 0.595. The number of carbonyl (C=O) groups is 2. The first kappa shape index (κ1) is 14.2. The Morgan fingerprint density at radius 2 is 2.20 bits per heavy atom. The molecule has 1 aromatic rings. The Hall–Kier alpha value is -2.24. The van der Waals surface area contributed by atoms with E-state index in [0.29, 0.717) is 11.4 Å². The van der Waals surface area contributed by atoms with Crippen molar-refractivity contribution in [3.05, 3.63) is 24.3 Å². The number of nitrogens with one attached hydrogen (secondary N) is 1. The van der Waals surface area contributed by atoms with Crippen LogP contribution in [0.15, 0.2) is 24.3 Å². The first-order valence-electron chi connectivity index (χ1n) is 6.53. The van der Waals surface area contributed by atoms with E-state index < -0.39 is 12.1 Å². The van der Waals surface area contributed by atoms with Gasteiger partial charge in [0.2, 0.25) is 0 Å². The lowest BCUT2D eigenvalue weighted by Crippen LogP contribution is -2.37. The summed E-state index contributed by atoms with van der Waals surface area (Å²) in [6, 6.07) is 6.98. The fourth-order valence-corrected chi connectivity index (χ4v) is 1.58. The number of anilines is 1. The fraction of sp³-hybridized carbons (Fsp3) is 0.429. The molecule has 0 spiro atoms. The van der Waals surface area contributed by atoms with E-state index in [1.54, 1.807) is 24.3 Å². The molecule has 1 amide bonds. The van der Waals surface area contributed by atoms with Crippen LogP contribution in [0.2, 0.25) is 0 Å². The van der Waals surface area contributed by atoms with Gasteiger partial charge in [-0.25, -0.2) is 4.79 Å². The second-order valence-electron chi connectivity index (χ2n) is 4.78. The van der Waals surface area contributed by atoms with Gasteiger partial charge in [0.1, 0.15) is 5.75 Å². The topological polar surface area (TPSA) is 90.7 Å². The van der Waals surface area contributed by atoms with E-state index in [4.69, 9.17) is 15.2 Å². The molecule has 2 rings (SSSR count). The molecule has 1 fully saturated rings. The molecule has 1 aliphatic carbocycles. The van der Waals surface area contributed by atoms with Crippen LogP contribution in [0.5, 0.6) is 5.75 Å². The summed E-state index contributed by atoms with van der Waals surface area (Å²) in [5, 5.41) is 2.77. The zero-order chi connectivity index (χ0) is 14.5. The number of benzene rings is 1. The second kappa shape index (κ2) is 6.27. The highest BCUT2D eigenvalue weighted by Gasteiger charge is 2.27. The van der Waals surface area contributed by atoms with Crippen molar-refractivity contribution in [3.63, 3.8) is 0 Å². The maximum Gasteiger partial charge on any atom is 0.344 e. The number of carbonyl (C=O) groups excluding carboxylic acids is 2. The molecule has 1 aromatic carbocycles. The molecular formula is C14H18N2O4. The van der Waals surface area contributed by atoms with Crippen LogP contribution in [0.25, 0.3) is 0 Å². The largest absolute Gasteiger partial charge is 0.482 e. The molecule has 0 aromatic heterocycles. The average Bonchev–Trinajstić information content (AvgIpc) is 3.20. The maximum atomic E-state index is 11.6. The number of esters is 1. The molecule has 1 aliphatic rings. The lowest BCUT2D eigenvalue weighted by atomic mass is 10.3. The summed E-state index contributed by atoms with van der Waals surface area (Å²) in [4.78, 5) is 23.2. The molecule has 1 unspecified atom stereocenters. The van der Waals surface area contributed by atoms with Gasteiger partial charge in [-0.3, -0.25) is 4.79 Å². The van der Waals surface area contributed by atoms with Gasteiger partial charge >= 0.3 is 5.97 Å². The summed E-state index contributed by atoms with van der Waals surface area (Å²) in [5.41, 5.74) is 6.14. The van der Waals surface area contributed by atoms with E-state index in [0.717, 1.165) is 12.8 Å². The van der Waals surface area contributed by atoms with Gasteiger partial charge in [0.25, 0.3) is 5.91 Å². The summed E-state index contributed by atoms with van der Waals surface area (Å²) in [6.07, 6.45) is 1.17. The Morgan fingerprint density at radius 1 is 1.45 bits per heavy atom. The van der Waals surface area contributed by atoms with E-state index in [1.807, 2.05) is 0 Å². The van der Waals surface area contributed by atoms with Crippen molar-refractivity contribution in [1.29, 1.82) is 0 Å². The lowest BCUT2D eigenvalue weighted by Gasteiger charge is -2.13. The van der Waals surface area contributed by atoms with E-state index in [1.165, 1.54) is 6.92 Å². The minimum atomic E-state index is -0.812. The number of hydrogen-bond donors (Lipinski definition) is 2. The third kappa shape index (κ3) is 4.46. The van der Waals surface area contributed by atoms with Gasteiger partial charge in [-0.05, 0) is 31.9 Å². The van der Waals surface area contributed by atoms with E-state index >= 15 is 0 Å². The molecule has 108 valence electrons. The molecule has 0 saturated heterocycles. The van der Waals surface area contributed by atoms with Crippen LogP contribution in [0.4, 0.5) is 5.69 Å². The molecule has 1 saturated carbocycles. The highest BCUT2D eigenvalue weighted by molar-refractivity contribution is 5.84. The van der Waals surface area contributed by atoms with Crippen LogP contribution in [-0.2, 0) is 14.3 Å². The van der Waals surface area contributed by atoms with Crippen molar-refractivity contribution in [3.8, 4) is 5.75 Å². The molecule has 20 heavy (non-hydrogen) atoms. The van der Waals surface area contributed by atoms with Gasteiger partial charge in [0.05, 0.1) is 0 Å². The van der Waals surface area contributed by atoms with Gasteiger partial charge in [-0.1, -0.05) is 6.07 Å². The molecular weight excluding hydrogens is 260 g/mol. The Morgan fingerprint density at radius 3 is 2.85 bits per heavy atom. The van der Waals surface area contributed by atoms with Gasteiger partial charge in [-0.15, -0.1) is 0 Å². The maximum absolute atomic E-state index is 11.6. The Kier molecular flexibility index (Phi) is 4.45. The van der Waals surface area contributed by atoms with Crippen LogP contribution in [0.1, 0.15) is 19.8 Å². The molecule has 1 atom stereocenters. The van der Waals surface area contributed by atoms with Crippen LogP contribution in [-0.4, -0.2) is 30.6 Å². The SMILES string of the molecule is CC(OC(=O)COc1cccc(N)c1)C(=O)NC1CC1. The second-order valence-corrected chi connectivity index (χ2v) is 4.78. The number of rotatable bonds is 6. The third-order valence-electron chi connectivity index (χ3n) is 2.82. The Balaban J connectivity index is 1.72. The number of hydrogen-bond acceptors (Lipinski definition) is 5. The zero-order valence-corrected chi connectivity index (χ0v) is 11.3. The van der Waals surface area contributed by atoms with Gasteiger partial charge in [-0.2, -0.15) is 0 Å². The molecule has 6 nitrogen and oxygen atoms in total. The van der Waals surface area contributed by atoms with E-state index in [2.05, 4.69) is 5.32 Å². The first-order chi connectivity index (χ1) is 9.54. The summed E-state index contributed by atoms with van der Waals surface area (Å²) in [7, 11) is 0. The van der Waals surface area contributed by atoms with E-state index in [9.17, 15) is 9.59 Å². The van der Waals surface area contributed by atoms with Crippen LogP contribution in [0, 0.1) is 0 Å². The zero-order valence-electron chi connectivity index (χ0n) is 11.3. The number of amides is 1. The molecule has 6 heteroatoms. The monoisotopic (exact) mass is 278 g/mol. The molecule has 0 heterocycles. The third-order valence-corrected chi connectivity index (χ3v) is 2.82. The highest BCUT2D eigenvalue weighted by atomic mass is 16.6. The minimum absolute atomic E-state index is 0.243. The normalized spacial score (nSPS) is 15.2. The number of nitrogens with two attached hydrogens (primary N) is 1. The van der Waals surface area contributed by atoms with E-state index in [-0.39, 0.29) is 18.6 Å². The molecule has 0 radical (unpaired) electrons. The van der Waals surface area contributed by atoms with Crippen molar-refractivity contribution < 1.29 is 19.1 Å². The van der Waals surface area contributed by atoms with Crippen molar-refractivity contribution in [2.75, 3.05) is 12.3 Å². The highest BCUT2D eigenvalue weighted by Crippen LogP contribution is 2.19. The summed E-state index contributed by atoms with van der Waals surface area (Å²) < 4.78 is 10.2. The number of nitrogen functional groups attached to an aromatic ring is 1.